The molecule has 0 spiro atoms. The van der Waals surface area contributed by atoms with Gasteiger partial charge in [-0.2, -0.15) is 0 Å². The summed E-state index contributed by atoms with van der Waals surface area (Å²) in [4.78, 5) is 25.4. The average Bonchev–Trinajstić information content (AvgIpc) is 2.28. The number of hydrogen-bond donors (Lipinski definition) is 2. The number of carbonyl (C=O) groups is 2. The SMILES string of the molecule is C[NH+](C)CCNC(=O)[C@H]1CCCN(C=O)C1. The van der Waals surface area contributed by atoms with Crippen molar-refractivity contribution in [3.63, 3.8) is 0 Å². The Morgan fingerprint density at radius 1 is 1.56 bits per heavy atom. The molecule has 1 heterocycles. The van der Waals surface area contributed by atoms with Crippen LogP contribution in [0.4, 0.5) is 0 Å². The minimum Gasteiger partial charge on any atom is -0.350 e. The first-order chi connectivity index (χ1) is 7.63. The molecule has 1 fully saturated rings. The summed E-state index contributed by atoms with van der Waals surface area (Å²) in [6.07, 6.45) is 2.66. The predicted octanol–water partition coefficient (Wildman–Crippen LogP) is -1.88. The van der Waals surface area contributed by atoms with Gasteiger partial charge in [0.1, 0.15) is 0 Å². The second-order valence-corrected chi connectivity index (χ2v) is 4.69. The molecule has 5 nitrogen and oxygen atoms in total. The third kappa shape index (κ3) is 4.18. The quantitative estimate of drug-likeness (QED) is 0.541. The molecule has 0 aromatic rings. The number of piperidine rings is 1. The summed E-state index contributed by atoms with van der Waals surface area (Å²) in [7, 11) is 4.11. The third-order valence-electron chi connectivity index (χ3n) is 2.90. The van der Waals surface area contributed by atoms with Gasteiger partial charge in [-0.15, -0.1) is 0 Å². The average molecular weight is 228 g/mol. The second-order valence-electron chi connectivity index (χ2n) is 4.69. The topological polar surface area (TPSA) is 53.9 Å². The molecule has 2 amide bonds. The molecule has 92 valence electrons. The summed E-state index contributed by atoms with van der Waals surface area (Å²) in [5, 5.41) is 2.93. The maximum Gasteiger partial charge on any atom is 0.225 e. The van der Waals surface area contributed by atoms with Crippen molar-refractivity contribution in [2.75, 3.05) is 40.3 Å². The Morgan fingerprint density at radius 2 is 2.31 bits per heavy atom. The summed E-state index contributed by atoms with van der Waals surface area (Å²) < 4.78 is 0. The first kappa shape index (κ1) is 13.0. The van der Waals surface area contributed by atoms with Crippen LogP contribution in [-0.2, 0) is 9.59 Å². The van der Waals surface area contributed by atoms with Crippen LogP contribution in [0.25, 0.3) is 0 Å². The number of likely N-dealkylation sites (tertiary alicyclic amines) is 1. The van der Waals surface area contributed by atoms with Crippen LogP contribution in [0.15, 0.2) is 0 Å². The molecule has 5 heteroatoms. The van der Waals surface area contributed by atoms with Gasteiger partial charge in [-0.05, 0) is 12.8 Å². The predicted molar refractivity (Wildman–Crippen MR) is 61.0 cm³/mol. The van der Waals surface area contributed by atoms with E-state index in [0.717, 1.165) is 32.3 Å². The Labute approximate surface area is 96.8 Å². The maximum absolute atomic E-state index is 11.8. The lowest BCUT2D eigenvalue weighted by Gasteiger charge is -2.28. The maximum atomic E-state index is 11.8. The highest BCUT2D eigenvalue weighted by Gasteiger charge is 2.24. The minimum atomic E-state index is -0.0175. The third-order valence-corrected chi connectivity index (χ3v) is 2.90. The molecular formula is C11H22N3O2+. The number of likely N-dealkylation sites (N-methyl/N-ethyl adjacent to an activating group) is 1. The fourth-order valence-corrected chi connectivity index (χ4v) is 1.90. The molecule has 1 rings (SSSR count). The molecule has 1 aliphatic rings. The van der Waals surface area contributed by atoms with Crippen LogP contribution < -0.4 is 10.2 Å². The first-order valence-electron chi connectivity index (χ1n) is 5.89. The standard InChI is InChI=1S/C11H21N3O2/c1-13(2)7-5-12-11(16)10-4-3-6-14(8-10)9-15/h9-10H,3-8H2,1-2H3,(H,12,16)/p+1/t10-/m0/s1. The molecule has 1 atom stereocenters. The van der Waals surface area contributed by atoms with Gasteiger partial charge in [0.25, 0.3) is 0 Å². The second kappa shape index (κ2) is 6.48. The van der Waals surface area contributed by atoms with E-state index in [4.69, 9.17) is 0 Å². The lowest BCUT2D eigenvalue weighted by Crippen LogP contribution is -3.06. The fourth-order valence-electron chi connectivity index (χ4n) is 1.90. The minimum absolute atomic E-state index is 0.0175. The van der Waals surface area contributed by atoms with Crippen molar-refractivity contribution in [1.29, 1.82) is 0 Å². The van der Waals surface area contributed by atoms with Crippen molar-refractivity contribution in [2.45, 2.75) is 12.8 Å². The highest BCUT2D eigenvalue weighted by atomic mass is 16.2. The highest BCUT2D eigenvalue weighted by molar-refractivity contribution is 5.79. The van der Waals surface area contributed by atoms with Gasteiger partial charge in [0, 0.05) is 13.1 Å². The summed E-state index contributed by atoms with van der Waals surface area (Å²) >= 11 is 0. The normalized spacial score (nSPS) is 20.9. The van der Waals surface area contributed by atoms with Gasteiger partial charge in [-0.3, -0.25) is 9.59 Å². The van der Waals surface area contributed by atoms with Crippen LogP contribution in [0.3, 0.4) is 0 Å². The van der Waals surface area contributed by atoms with Crippen LogP contribution in [0.2, 0.25) is 0 Å². The first-order valence-corrected chi connectivity index (χ1v) is 5.89. The Hall–Kier alpha value is -1.10. The van der Waals surface area contributed by atoms with Gasteiger partial charge >= 0.3 is 0 Å². The van der Waals surface area contributed by atoms with E-state index in [1.165, 1.54) is 4.90 Å². The van der Waals surface area contributed by atoms with Crippen molar-refractivity contribution < 1.29 is 14.5 Å². The lowest BCUT2D eigenvalue weighted by molar-refractivity contribution is -0.856. The summed E-state index contributed by atoms with van der Waals surface area (Å²) in [5.41, 5.74) is 0. The molecule has 0 unspecified atom stereocenters. The molecule has 16 heavy (non-hydrogen) atoms. The van der Waals surface area contributed by atoms with Gasteiger partial charge in [-0.25, -0.2) is 0 Å². The molecule has 1 aliphatic heterocycles. The highest BCUT2D eigenvalue weighted by Crippen LogP contribution is 2.14. The van der Waals surface area contributed by atoms with E-state index in [0.29, 0.717) is 13.1 Å². The van der Waals surface area contributed by atoms with E-state index in [2.05, 4.69) is 19.4 Å². The summed E-state index contributed by atoms with van der Waals surface area (Å²) in [5.74, 6) is 0.0731. The molecule has 0 aliphatic carbocycles. The van der Waals surface area contributed by atoms with Crippen molar-refractivity contribution in [2.24, 2.45) is 5.92 Å². The van der Waals surface area contributed by atoms with Crippen molar-refractivity contribution in [3.8, 4) is 0 Å². The number of nitrogens with one attached hydrogen (secondary N) is 2. The fraction of sp³-hybridized carbons (Fsp3) is 0.818. The molecule has 0 aromatic heterocycles. The van der Waals surface area contributed by atoms with E-state index in [1.807, 2.05) is 0 Å². The van der Waals surface area contributed by atoms with Crippen LogP contribution in [0.1, 0.15) is 12.8 Å². The molecular weight excluding hydrogens is 206 g/mol. The van der Waals surface area contributed by atoms with Crippen molar-refractivity contribution in [3.05, 3.63) is 0 Å². The number of carbonyl (C=O) groups excluding carboxylic acids is 2. The summed E-state index contributed by atoms with van der Waals surface area (Å²) in [6, 6.07) is 0. The Kier molecular flexibility index (Phi) is 5.25. The van der Waals surface area contributed by atoms with E-state index < -0.39 is 0 Å². The molecule has 0 radical (unpaired) electrons. The smallest absolute Gasteiger partial charge is 0.225 e. The number of nitrogens with zero attached hydrogens (tertiary/aromatic N) is 1. The van der Waals surface area contributed by atoms with E-state index in [1.54, 1.807) is 4.90 Å². The molecule has 0 saturated carbocycles. The monoisotopic (exact) mass is 228 g/mol. The van der Waals surface area contributed by atoms with Gasteiger partial charge in [0.15, 0.2) is 0 Å². The lowest BCUT2D eigenvalue weighted by atomic mass is 9.97. The zero-order valence-corrected chi connectivity index (χ0v) is 10.2. The molecule has 2 N–H and O–H groups in total. The largest absolute Gasteiger partial charge is 0.350 e. The zero-order valence-electron chi connectivity index (χ0n) is 10.2. The number of hydrogen-bond acceptors (Lipinski definition) is 2. The van der Waals surface area contributed by atoms with Crippen LogP contribution in [0, 0.1) is 5.92 Å². The van der Waals surface area contributed by atoms with Crippen molar-refractivity contribution in [1.82, 2.24) is 10.2 Å². The molecule has 1 saturated heterocycles. The van der Waals surface area contributed by atoms with Crippen LogP contribution in [0.5, 0.6) is 0 Å². The van der Waals surface area contributed by atoms with E-state index in [-0.39, 0.29) is 11.8 Å². The van der Waals surface area contributed by atoms with Gasteiger partial charge in [0.05, 0.1) is 33.1 Å². The Bertz CT molecular complexity index is 243. The Balaban J connectivity index is 2.27. The number of amides is 2. The number of rotatable bonds is 5. The zero-order chi connectivity index (χ0) is 12.0. The van der Waals surface area contributed by atoms with Crippen LogP contribution >= 0.6 is 0 Å². The molecule has 0 aromatic carbocycles. The van der Waals surface area contributed by atoms with E-state index in [9.17, 15) is 9.59 Å². The van der Waals surface area contributed by atoms with Crippen molar-refractivity contribution >= 4 is 12.3 Å². The molecule has 0 bridgehead atoms. The van der Waals surface area contributed by atoms with Crippen LogP contribution in [-0.4, -0.2) is 57.5 Å². The Morgan fingerprint density at radius 3 is 2.94 bits per heavy atom. The van der Waals surface area contributed by atoms with Gasteiger partial charge < -0.3 is 15.1 Å². The summed E-state index contributed by atoms with van der Waals surface area (Å²) in [6.45, 7) is 2.99. The van der Waals surface area contributed by atoms with E-state index >= 15 is 0 Å². The van der Waals surface area contributed by atoms with Gasteiger partial charge in [-0.1, -0.05) is 0 Å². The van der Waals surface area contributed by atoms with Gasteiger partial charge in [0.2, 0.25) is 12.3 Å². The number of quaternary nitrogens is 1.